The smallest absolute Gasteiger partial charge is 0.240 e. The molecule has 0 heterocycles. The van der Waals surface area contributed by atoms with E-state index in [0.717, 1.165) is 5.56 Å². The van der Waals surface area contributed by atoms with Gasteiger partial charge in [0.1, 0.15) is 0 Å². The minimum atomic E-state index is -3.56. The van der Waals surface area contributed by atoms with Gasteiger partial charge in [-0.25, -0.2) is 13.1 Å². The monoisotopic (exact) mass is 306 g/mol. The molecule has 7 heteroatoms. The Hall–Kier alpha value is -0.660. The number of rotatable bonds is 7. The number of ether oxygens (including phenoxy) is 1. The van der Waals surface area contributed by atoms with Crippen molar-refractivity contribution in [1.82, 2.24) is 10.0 Å². The van der Waals surface area contributed by atoms with E-state index in [2.05, 4.69) is 10.0 Å². The van der Waals surface area contributed by atoms with Gasteiger partial charge in [-0.05, 0) is 37.7 Å². The van der Waals surface area contributed by atoms with Gasteiger partial charge in [-0.3, -0.25) is 0 Å². The topological polar surface area (TPSA) is 67.4 Å². The predicted molar refractivity (Wildman–Crippen MR) is 75.9 cm³/mol. The zero-order chi connectivity index (χ0) is 14.5. The van der Waals surface area contributed by atoms with Crippen molar-refractivity contribution in [2.75, 3.05) is 20.8 Å². The number of halogens is 1. The molecule has 1 rings (SSSR count). The third-order valence-electron chi connectivity index (χ3n) is 2.47. The van der Waals surface area contributed by atoms with E-state index in [1.807, 2.05) is 0 Å². The van der Waals surface area contributed by atoms with E-state index in [1.165, 1.54) is 13.2 Å². The lowest BCUT2D eigenvalue weighted by Gasteiger charge is -2.14. The molecular weight excluding hydrogens is 288 g/mol. The Balaban J connectivity index is 2.98. The molecule has 0 aliphatic heterocycles. The summed E-state index contributed by atoms with van der Waals surface area (Å²) in [6.07, 6.45) is 0. The first-order valence-electron chi connectivity index (χ1n) is 5.85. The second-order valence-corrected chi connectivity index (χ2v) is 6.38. The van der Waals surface area contributed by atoms with Gasteiger partial charge in [0.2, 0.25) is 10.0 Å². The van der Waals surface area contributed by atoms with Gasteiger partial charge >= 0.3 is 0 Å². The summed E-state index contributed by atoms with van der Waals surface area (Å²) in [7, 11) is -0.256. The van der Waals surface area contributed by atoms with Crippen molar-refractivity contribution in [3.8, 4) is 0 Å². The number of hydrogen-bond acceptors (Lipinski definition) is 4. The summed E-state index contributed by atoms with van der Waals surface area (Å²) in [6, 6.07) is 4.35. The lowest BCUT2D eigenvalue weighted by molar-refractivity contribution is 0.180. The second kappa shape index (κ2) is 7.21. The van der Waals surface area contributed by atoms with Crippen LogP contribution in [0.1, 0.15) is 12.5 Å². The van der Waals surface area contributed by atoms with E-state index in [0.29, 0.717) is 18.2 Å². The van der Waals surface area contributed by atoms with Crippen molar-refractivity contribution < 1.29 is 13.2 Å². The first-order valence-corrected chi connectivity index (χ1v) is 7.71. The van der Waals surface area contributed by atoms with Crippen LogP contribution in [-0.2, 0) is 21.3 Å². The molecule has 0 fully saturated rings. The normalized spacial score (nSPS) is 13.5. The molecule has 0 aliphatic rings. The highest BCUT2D eigenvalue weighted by molar-refractivity contribution is 7.89. The summed E-state index contributed by atoms with van der Waals surface area (Å²) in [5.74, 6) is 0. The van der Waals surface area contributed by atoms with E-state index >= 15 is 0 Å². The van der Waals surface area contributed by atoms with Crippen molar-refractivity contribution in [3.05, 3.63) is 28.8 Å². The molecule has 1 aromatic rings. The molecule has 19 heavy (non-hydrogen) atoms. The standard InChI is InChI=1S/C12H19ClN2O3S/c1-9(8-18-3)15-19(16,17)11-4-5-12(13)10(6-11)7-14-2/h4-6,9,14-15H,7-8H2,1-3H3. The highest BCUT2D eigenvalue weighted by Crippen LogP contribution is 2.20. The molecule has 0 bridgehead atoms. The molecule has 1 atom stereocenters. The van der Waals surface area contributed by atoms with Gasteiger partial charge in [0, 0.05) is 24.7 Å². The van der Waals surface area contributed by atoms with Crippen LogP contribution < -0.4 is 10.0 Å². The zero-order valence-corrected chi connectivity index (χ0v) is 12.8. The van der Waals surface area contributed by atoms with Gasteiger partial charge in [-0.2, -0.15) is 0 Å². The molecule has 0 saturated heterocycles. The number of methoxy groups -OCH3 is 1. The van der Waals surface area contributed by atoms with Gasteiger partial charge < -0.3 is 10.1 Å². The predicted octanol–water partition coefficient (Wildman–Crippen LogP) is 1.37. The summed E-state index contributed by atoms with van der Waals surface area (Å²) >= 11 is 6.01. The Morgan fingerprint density at radius 1 is 1.42 bits per heavy atom. The van der Waals surface area contributed by atoms with Gasteiger partial charge in [0.25, 0.3) is 0 Å². The largest absolute Gasteiger partial charge is 0.383 e. The number of benzene rings is 1. The molecule has 108 valence electrons. The molecule has 2 N–H and O–H groups in total. The molecule has 1 aromatic carbocycles. The molecule has 0 amide bonds. The fourth-order valence-corrected chi connectivity index (χ4v) is 3.12. The van der Waals surface area contributed by atoms with Gasteiger partial charge in [0.05, 0.1) is 11.5 Å². The first kappa shape index (κ1) is 16.4. The average Bonchev–Trinajstić information content (AvgIpc) is 2.31. The molecule has 0 radical (unpaired) electrons. The average molecular weight is 307 g/mol. The number of sulfonamides is 1. The van der Waals surface area contributed by atoms with E-state index in [9.17, 15) is 8.42 Å². The Morgan fingerprint density at radius 2 is 2.11 bits per heavy atom. The molecule has 0 saturated carbocycles. The van der Waals surface area contributed by atoms with Crippen LogP contribution in [0.4, 0.5) is 0 Å². The van der Waals surface area contributed by atoms with Gasteiger partial charge in [0.15, 0.2) is 0 Å². The lowest BCUT2D eigenvalue weighted by atomic mass is 10.2. The Morgan fingerprint density at radius 3 is 2.68 bits per heavy atom. The van der Waals surface area contributed by atoms with Gasteiger partial charge in [-0.1, -0.05) is 11.6 Å². The third kappa shape index (κ3) is 4.74. The van der Waals surface area contributed by atoms with Crippen LogP contribution >= 0.6 is 11.6 Å². The fraction of sp³-hybridized carbons (Fsp3) is 0.500. The van der Waals surface area contributed by atoms with Crippen LogP contribution in [0.5, 0.6) is 0 Å². The molecule has 1 unspecified atom stereocenters. The maximum absolute atomic E-state index is 12.2. The minimum Gasteiger partial charge on any atom is -0.383 e. The Bertz CT molecular complexity index is 520. The number of nitrogens with one attached hydrogen (secondary N) is 2. The van der Waals surface area contributed by atoms with Crippen LogP contribution in [0.15, 0.2) is 23.1 Å². The lowest BCUT2D eigenvalue weighted by Crippen LogP contribution is -2.35. The quantitative estimate of drug-likeness (QED) is 0.798. The van der Waals surface area contributed by atoms with Crippen molar-refractivity contribution in [1.29, 1.82) is 0 Å². The van der Waals surface area contributed by atoms with Crippen LogP contribution in [0, 0.1) is 0 Å². The van der Waals surface area contributed by atoms with Crippen LogP contribution in [-0.4, -0.2) is 35.2 Å². The molecule has 0 spiro atoms. The van der Waals surface area contributed by atoms with Crippen molar-refractivity contribution >= 4 is 21.6 Å². The summed E-state index contributed by atoms with van der Waals surface area (Å²) in [6.45, 7) is 2.57. The highest BCUT2D eigenvalue weighted by atomic mass is 35.5. The van der Waals surface area contributed by atoms with Crippen molar-refractivity contribution in [2.24, 2.45) is 0 Å². The van der Waals surface area contributed by atoms with E-state index in [-0.39, 0.29) is 10.9 Å². The molecule has 5 nitrogen and oxygen atoms in total. The van der Waals surface area contributed by atoms with E-state index < -0.39 is 10.0 Å². The molecule has 0 aromatic heterocycles. The minimum absolute atomic E-state index is 0.199. The molecular formula is C12H19ClN2O3S. The second-order valence-electron chi connectivity index (χ2n) is 4.26. The van der Waals surface area contributed by atoms with Crippen LogP contribution in [0.25, 0.3) is 0 Å². The van der Waals surface area contributed by atoms with E-state index in [4.69, 9.17) is 16.3 Å². The summed E-state index contributed by atoms with van der Waals surface area (Å²) < 4.78 is 31.8. The summed E-state index contributed by atoms with van der Waals surface area (Å²) in [5.41, 5.74) is 0.742. The molecule has 0 aliphatic carbocycles. The maximum atomic E-state index is 12.2. The fourth-order valence-electron chi connectivity index (χ4n) is 1.66. The zero-order valence-electron chi connectivity index (χ0n) is 11.2. The third-order valence-corrected chi connectivity index (χ3v) is 4.42. The summed E-state index contributed by atoms with van der Waals surface area (Å²) in [5, 5.41) is 3.48. The SMILES string of the molecule is CNCc1cc(S(=O)(=O)NC(C)COC)ccc1Cl. The Kier molecular flexibility index (Phi) is 6.22. The van der Waals surface area contributed by atoms with Gasteiger partial charge in [-0.15, -0.1) is 0 Å². The highest BCUT2D eigenvalue weighted by Gasteiger charge is 2.18. The van der Waals surface area contributed by atoms with Crippen LogP contribution in [0.3, 0.4) is 0 Å². The Labute approximate surface area is 119 Å². The number of hydrogen-bond donors (Lipinski definition) is 2. The first-order chi connectivity index (χ1) is 8.90. The van der Waals surface area contributed by atoms with Crippen molar-refractivity contribution in [3.63, 3.8) is 0 Å². The van der Waals surface area contributed by atoms with Crippen molar-refractivity contribution in [2.45, 2.75) is 24.4 Å². The van der Waals surface area contributed by atoms with Crippen LogP contribution in [0.2, 0.25) is 5.02 Å². The maximum Gasteiger partial charge on any atom is 0.240 e. The van der Waals surface area contributed by atoms with E-state index in [1.54, 1.807) is 26.1 Å². The summed E-state index contributed by atoms with van der Waals surface area (Å²) in [4.78, 5) is 0.199.